The second kappa shape index (κ2) is 9.70. The molecule has 3 aromatic rings. The minimum Gasteiger partial charge on any atom is -0.444 e. The predicted molar refractivity (Wildman–Crippen MR) is 119 cm³/mol. The van der Waals surface area contributed by atoms with E-state index >= 15 is 0 Å². The summed E-state index contributed by atoms with van der Waals surface area (Å²) in [5.41, 5.74) is 0.711. The Bertz CT molecular complexity index is 1160. The zero-order valence-corrected chi connectivity index (χ0v) is 19.5. The second-order valence-electron chi connectivity index (χ2n) is 8.18. The average molecular weight is 478 g/mol. The number of sulfone groups is 1. The molecule has 32 heavy (non-hydrogen) atoms. The van der Waals surface area contributed by atoms with E-state index < -0.39 is 32.8 Å². The summed E-state index contributed by atoms with van der Waals surface area (Å²) in [5, 5.41) is 10.3. The number of hydrogen-bond acceptors (Lipinski definition) is 7. The molecule has 1 atom stereocenters. The van der Waals surface area contributed by atoms with Crippen molar-refractivity contribution in [1.29, 1.82) is 0 Å². The summed E-state index contributed by atoms with van der Waals surface area (Å²) in [6.45, 7) is 5.23. The largest absolute Gasteiger partial charge is 0.444 e. The molecule has 170 valence electrons. The predicted octanol–water partition coefficient (Wildman–Crippen LogP) is 4.51. The summed E-state index contributed by atoms with van der Waals surface area (Å²) >= 11 is 5.85. The lowest BCUT2D eigenvalue weighted by atomic mass is 10.1. The highest BCUT2D eigenvalue weighted by Gasteiger charge is 2.28. The normalized spacial score (nSPS) is 12.9. The van der Waals surface area contributed by atoms with E-state index in [1.807, 2.05) is 30.3 Å². The van der Waals surface area contributed by atoms with Crippen LogP contribution in [-0.4, -0.2) is 30.3 Å². The maximum atomic E-state index is 12.7. The molecule has 0 aliphatic carbocycles. The molecular formula is C22H24ClN3O5S. The van der Waals surface area contributed by atoms with Crippen molar-refractivity contribution in [3.05, 3.63) is 76.6 Å². The third kappa shape index (κ3) is 6.80. The van der Waals surface area contributed by atoms with Gasteiger partial charge in [-0.1, -0.05) is 59.2 Å². The van der Waals surface area contributed by atoms with Crippen molar-refractivity contribution in [2.45, 2.75) is 49.8 Å². The molecule has 0 radical (unpaired) electrons. The van der Waals surface area contributed by atoms with Gasteiger partial charge in [-0.3, -0.25) is 0 Å². The molecule has 0 bridgehead atoms. The highest BCUT2D eigenvalue weighted by atomic mass is 35.5. The van der Waals surface area contributed by atoms with E-state index in [1.54, 1.807) is 45.0 Å². The molecule has 1 amide bonds. The Hall–Kier alpha value is -2.91. The highest BCUT2D eigenvalue weighted by molar-refractivity contribution is 7.90. The maximum Gasteiger partial charge on any atom is 0.408 e. The molecular weight excluding hydrogens is 454 g/mol. The first-order valence-electron chi connectivity index (χ1n) is 9.86. The first-order chi connectivity index (χ1) is 15.0. The van der Waals surface area contributed by atoms with E-state index in [9.17, 15) is 13.2 Å². The van der Waals surface area contributed by atoms with Crippen LogP contribution in [0.2, 0.25) is 5.02 Å². The number of amides is 1. The van der Waals surface area contributed by atoms with Crippen molar-refractivity contribution in [3.63, 3.8) is 0 Å². The third-order valence-electron chi connectivity index (χ3n) is 4.23. The van der Waals surface area contributed by atoms with Crippen molar-refractivity contribution >= 4 is 27.5 Å². The number of nitrogens with zero attached hydrogens (tertiary/aromatic N) is 2. The number of carbonyl (C=O) groups is 1. The first kappa shape index (κ1) is 23.7. The lowest BCUT2D eigenvalue weighted by molar-refractivity contribution is 0.0494. The quantitative estimate of drug-likeness (QED) is 0.533. The fraction of sp³-hybridized carbons (Fsp3) is 0.318. The number of carbonyl (C=O) groups excluding carboxylic acids is 1. The Morgan fingerprint density at radius 2 is 1.72 bits per heavy atom. The molecule has 1 aromatic heterocycles. The molecule has 2 aromatic carbocycles. The maximum absolute atomic E-state index is 12.7. The molecule has 1 heterocycles. The van der Waals surface area contributed by atoms with Crippen molar-refractivity contribution in [2.75, 3.05) is 0 Å². The lowest BCUT2D eigenvalue weighted by Gasteiger charge is -2.22. The van der Waals surface area contributed by atoms with Crippen LogP contribution in [0.25, 0.3) is 0 Å². The van der Waals surface area contributed by atoms with Gasteiger partial charge in [0.25, 0.3) is 0 Å². The Kier molecular flexibility index (Phi) is 7.20. The Morgan fingerprint density at radius 1 is 1.06 bits per heavy atom. The number of halogens is 1. The van der Waals surface area contributed by atoms with Crippen LogP contribution < -0.4 is 5.32 Å². The van der Waals surface area contributed by atoms with Crippen LogP contribution in [0, 0.1) is 0 Å². The molecule has 0 spiro atoms. The number of hydrogen-bond donors (Lipinski definition) is 1. The summed E-state index contributed by atoms with van der Waals surface area (Å²) in [6, 6.07) is 15.0. The Labute approximate surface area is 191 Å². The molecule has 10 heteroatoms. The Balaban J connectivity index is 1.83. The number of aromatic nitrogens is 2. The molecule has 0 saturated heterocycles. The number of rotatable bonds is 7. The second-order valence-corrected chi connectivity index (χ2v) is 10.5. The minimum atomic E-state index is -3.90. The molecule has 1 unspecified atom stereocenters. The monoisotopic (exact) mass is 477 g/mol. The van der Waals surface area contributed by atoms with Gasteiger partial charge in [0.2, 0.25) is 15.7 Å². The van der Waals surface area contributed by atoms with E-state index in [2.05, 4.69) is 15.5 Å². The van der Waals surface area contributed by atoms with E-state index in [0.29, 0.717) is 17.0 Å². The van der Waals surface area contributed by atoms with Gasteiger partial charge < -0.3 is 14.5 Å². The van der Waals surface area contributed by atoms with Gasteiger partial charge >= 0.3 is 11.3 Å². The molecule has 3 rings (SSSR count). The molecule has 8 nitrogen and oxygen atoms in total. The van der Waals surface area contributed by atoms with Crippen LogP contribution in [-0.2, 0) is 26.7 Å². The number of benzene rings is 2. The number of alkyl carbamates (subject to hydrolysis) is 1. The number of ether oxygens (including phenoxy) is 1. The summed E-state index contributed by atoms with van der Waals surface area (Å²) in [5.74, 6) is -0.358. The summed E-state index contributed by atoms with van der Waals surface area (Å²) in [4.78, 5) is 12.4. The van der Waals surface area contributed by atoms with Gasteiger partial charge in [0, 0.05) is 11.4 Å². The molecule has 0 fully saturated rings. The lowest BCUT2D eigenvalue weighted by Crippen LogP contribution is -2.36. The summed E-state index contributed by atoms with van der Waals surface area (Å²) < 4.78 is 36.3. The topological polar surface area (TPSA) is 111 Å². The first-order valence-corrected chi connectivity index (χ1v) is 11.9. The van der Waals surface area contributed by atoms with Crippen LogP contribution in [0.3, 0.4) is 0 Å². The zero-order valence-electron chi connectivity index (χ0n) is 17.9. The smallest absolute Gasteiger partial charge is 0.408 e. The van der Waals surface area contributed by atoms with Crippen molar-refractivity contribution < 1.29 is 22.4 Å². The van der Waals surface area contributed by atoms with Gasteiger partial charge in [0.15, 0.2) is 0 Å². The highest BCUT2D eigenvalue weighted by Crippen LogP contribution is 2.23. The van der Waals surface area contributed by atoms with Gasteiger partial charge in [-0.25, -0.2) is 13.2 Å². The third-order valence-corrected chi connectivity index (χ3v) is 5.89. The summed E-state index contributed by atoms with van der Waals surface area (Å²) in [7, 11) is -3.90. The average Bonchev–Trinajstić information content (AvgIpc) is 3.20. The van der Waals surface area contributed by atoms with E-state index in [1.165, 1.54) is 0 Å². The fourth-order valence-corrected chi connectivity index (χ4v) is 4.11. The van der Waals surface area contributed by atoms with Crippen LogP contribution in [0.5, 0.6) is 0 Å². The minimum absolute atomic E-state index is 0.0330. The zero-order chi connectivity index (χ0) is 23.4. The van der Waals surface area contributed by atoms with Gasteiger partial charge in [0.05, 0.1) is 5.75 Å². The van der Waals surface area contributed by atoms with Crippen molar-refractivity contribution in [3.8, 4) is 0 Å². The molecule has 1 N–H and O–H groups in total. The molecule has 0 aliphatic heterocycles. The van der Waals surface area contributed by atoms with Crippen molar-refractivity contribution in [2.24, 2.45) is 0 Å². The van der Waals surface area contributed by atoms with Crippen LogP contribution in [0.15, 0.2) is 64.2 Å². The SMILES string of the molecule is CC(C)(C)OC(=O)NC(Cc1ccccc1)c1nnc(S(=O)(=O)Cc2ccc(Cl)cc2)o1. The van der Waals surface area contributed by atoms with Crippen LogP contribution >= 0.6 is 11.6 Å². The van der Waals surface area contributed by atoms with Gasteiger partial charge in [-0.05, 0) is 44.0 Å². The fourth-order valence-electron chi connectivity index (χ4n) is 2.85. The van der Waals surface area contributed by atoms with E-state index in [-0.39, 0.29) is 11.6 Å². The van der Waals surface area contributed by atoms with Gasteiger partial charge in [-0.2, -0.15) is 0 Å². The van der Waals surface area contributed by atoms with E-state index in [0.717, 1.165) is 5.56 Å². The summed E-state index contributed by atoms with van der Waals surface area (Å²) in [6.07, 6.45) is -0.374. The van der Waals surface area contributed by atoms with Crippen molar-refractivity contribution in [1.82, 2.24) is 15.5 Å². The Morgan fingerprint density at radius 3 is 2.34 bits per heavy atom. The van der Waals surface area contributed by atoms with Gasteiger partial charge in [-0.15, -0.1) is 5.10 Å². The molecule has 0 saturated carbocycles. The molecule has 0 aliphatic rings. The van der Waals surface area contributed by atoms with Crippen LogP contribution in [0.1, 0.15) is 43.8 Å². The van der Waals surface area contributed by atoms with Crippen LogP contribution in [0.4, 0.5) is 4.79 Å². The number of nitrogens with one attached hydrogen (secondary N) is 1. The standard InChI is InChI=1S/C22H24ClN3O5S/c1-22(2,3)31-20(27)24-18(13-15-7-5-4-6-8-15)19-25-26-21(30-19)32(28,29)14-16-9-11-17(23)12-10-16/h4-12,18H,13-14H2,1-3H3,(H,24,27). The van der Waals surface area contributed by atoms with E-state index in [4.69, 9.17) is 20.8 Å². The van der Waals surface area contributed by atoms with Gasteiger partial charge in [0.1, 0.15) is 11.6 Å².